The summed E-state index contributed by atoms with van der Waals surface area (Å²) in [4.78, 5) is 0. The molecular weight excluding hydrogens is 141 g/mol. The average Bonchev–Trinajstić information content (AvgIpc) is 1.50. The SMILES string of the molecule is CC(C)CC(C)(F)C1CNC1. The van der Waals surface area contributed by atoms with Crippen molar-refractivity contribution in [3.05, 3.63) is 0 Å². The Morgan fingerprint density at radius 2 is 2.09 bits per heavy atom. The molecule has 66 valence electrons. The van der Waals surface area contributed by atoms with E-state index in [1.54, 1.807) is 6.92 Å². The van der Waals surface area contributed by atoms with Crippen molar-refractivity contribution in [3.63, 3.8) is 0 Å². The Bertz CT molecular complexity index is 128. The first kappa shape index (κ1) is 8.98. The maximum atomic E-state index is 13.7. The van der Waals surface area contributed by atoms with Crippen molar-refractivity contribution in [2.45, 2.75) is 32.9 Å². The van der Waals surface area contributed by atoms with Gasteiger partial charge in [-0.2, -0.15) is 0 Å². The summed E-state index contributed by atoms with van der Waals surface area (Å²) in [6.07, 6.45) is 0.694. The van der Waals surface area contributed by atoms with E-state index in [9.17, 15) is 4.39 Å². The molecule has 0 saturated carbocycles. The van der Waals surface area contributed by atoms with Gasteiger partial charge in [-0.15, -0.1) is 0 Å². The molecule has 1 fully saturated rings. The van der Waals surface area contributed by atoms with Crippen LogP contribution in [0.4, 0.5) is 4.39 Å². The molecule has 1 unspecified atom stereocenters. The van der Waals surface area contributed by atoms with E-state index in [4.69, 9.17) is 0 Å². The predicted octanol–water partition coefficient (Wildman–Crippen LogP) is 1.98. The van der Waals surface area contributed by atoms with Gasteiger partial charge in [0.1, 0.15) is 5.67 Å². The van der Waals surface area contributed by atoms with Gasteiger partial charge >= 0.3 is 0 Å². The lowest BCUT2D eigenvalue weighted by Crippen LogP contribution is -2.52. The van der Waals surface area contributed by atoms with E-state index in [1.165, 1.54) is 0 Å². The second-order valence-corrected chi connectivity index (χ2v) is 4.23. The summed E-state index contributed by atoms with van der Waals surface area (Å²) in [7, 11) is 0. The quantitative estimate of drug-likeness (QED) is 0.664. The van der Waals surface area contributed by atoms with E-state index in [-0.39, 0.29) is 5.92 Å². The van der Waals surface area contributed by atoms with Gasteiger partial charge < -0.3 is 5.32 Å². The third kappa shape index (κ3) is 2.16. The summed E-state index contributed by atoms with van der Waals surface area (Å²) in [5.41, 5.74) is -0.945. The average molecular weight is 159 g/mol. The predicted molar refractivity (Wildman–Crippen MR) is 45.3 cm³/mol. The highest BCUT2D eigenvalue weighted by molar-refractivity contribution is 4.91. The van der Waals surface area contributed by atoms with E-state index < -0.39 is 5.67 Å². The fourth-order valence-corrected chi connectivity index (χ4v) is 1.68. The summed E-state index contributed by atoms with van der Waals surface area (Å²) in [6, 6.07) is 0. The molecule has 0 bridgehead atoms. The van der Waals surface area contributed by atoms with Gasteiger partial charge in [0.15, 0.2) is 0 Å². The van der Waals surface area contributed by atoms with Crippen LogP contribution in [0.3, 0.4) is 0 Å². The summed E-state index contributed by atoms with van der Waals surface area (Å²) < 4.78 is 13.7. The first-order chi connectivity index (χ1) is 5.02. The standard InChI is InChI=1S/C9H18FN/c1-7(2)4-9(3,10)8-5-11-6-8/h7-8,11H,4-6H2,1-3H3. The maximum Gasteiger partial charge on any atom is 0.113 e. The van der Waals surface area contributed by atoms with Crippen LogP contribution >= 0.6 is 0 Å². The van der Waals surface area contributed by atoms with Gasteiger partial charge in [-0.1, -0.05) is 13.8 Å². The third-order valence-electron chi connectivity index (χ3n) is 2.44. The van der Waals surface area contributed by atoms with Crippen LogP contribution in [-0.4, -0.2) is 18.8 Å². The zero-order valence-corrected chi connectivity index (χ0v) is 7.65. The fourth-order valence-electron chi connectivity index (χ4n) is 1.68. The molecule has 11 heavy (non-hydrogen) atoms. The van der Waals surface area contributed by atoms with Crippen LogP contribution in [0.15, 0.2) is 0 Å². The molecule has 0 amide bonds. The van der Waals surface area contributed by atoms with Gasteiger partial charge in [0.05, 0.1) is 0 Å². The fraction of sp³-hybridized carbons (Fsp3) is 1.00. The summed E-state index contributed by atoms with van der Waals surface area (Å²) in [5, 5.41) is 3.10. The molecule has 2 heteroatoms. The minimum Gasteiger partial charge on any atom is -0.316 e. The Morgan fingerprint density at radius 1 is 1.55 bits per heavy atom. The summed E-state index contributed by atoms with van der Waals surface area (Å²) in [5.74, 6) is 0.718. The van der Waals surface area contributed by atoms with Crippen LogP contribution in [0.25, 0.3) is 0 Å². The number of alkyl halides is 1. The Morgan fingerprint density at radius 3 is 2.36 bits per heavy atom. The van der Waals surface area contributed by atoms with Crippen molar-refractivity contribution in [2.75, 3.05) is 13.1 Å². The van der Waals surface area contributed by atoms with Crippen molar-refractivity contribution in [2.24, 2.45) is 11.8 Å². The van der Waals surface area contributed by atoms with Gasteiger partial charge in [-0.3, -0.25) is 0 Å². The molecule has 1 aliphatic rings. The molecular formula is C9H18FN. The number of hydrogen-bond acceptors (Lipinski definition) is 1. The van der Waals surface area contributed by atoms with Crippen LogP contribution in [0.1, 0.15) is 27.2 Å². The maximum absolute atomic E-state index is 13.7. The van der Waals surface area contributed by atoms with Crippen molar-refractivity contribution in [1.82, 2.24) is 5.32 Å². The molecule has 1 nitrogen and oxygen atoms in total. The number of nitrogens with one attached hydrogen (secondary N) is 1. The largest absolute Gasteiger partial charge is 0.316 e. The monoisotopic (exact) mass is 159 g/mol. The molecule has 1 atom stereocenters. The van der Waals surface area contributed by atoms with Crippen molar-refractivity contribution >= 4 is 0 Å². The Kier molecular flexibility index (Phi) is 2.53. The van der Waals surface area contributed by atoms with Crippen LogP contribution in [0, 0.1) is 11.8 Å². The first-order valence-electron chi connectivity index (χ1n) is 4.42. The zero-order valence-electron chi connectivity index (χ0n) is 7.65. The number of rotatable bonds is 3. The van der Waals surface area contributed by atoms with E-state index in [2.05, 4.69) is 19.2 Å². The molecule has 1 N–H and O–H groups in total. The molecule has 1 saturated heterocycles. The molecule has 0 spiro atoms. The molecule has 0 aromatic carbocycles. The highest BCUT2D eigenvalue weighted by atomic mass is 19.1. The highest BCUT2D eigenvalue weighted by Crippen LogP contribution is 2.31. The molecule has 1 rings (SSSR count). The Labute approximate surface area is 68.4 Å². The Balaban J connectivity index is 2.37. The zero-order chi connectivity index (χ0) is 8.48. The normalized spacial score (nSPS) is 24.8. The van der Waals surface area contributed by atoms with Crippen LogP contribution in [0.2, 0.25) is 0 Å². The minimum absolute atomic E-state index is 0.255. The summed E-state index contributed by atoms with van der Waals surface area (Å²) >= 11 is 0. The summed E-state index contributed by atoms with van der Waals surface area (Å²) in [6.45, 7) is 7.60. The Hall–Kier alpha value is -0.110. The van der Waals surface area contributed by atoms with Gasteiger partial charge in [0.25, 0.3) is 0 Å². The lowest BCUT2D eigenvalue weighted by molar-refractivity contribution is 0.0450. The van der Waals surface area contributed by atoms with E-state index in [1.807, 2.05) is 0 Å². The van der Waals surface area contributed by atoms with E-state index >= 15 is 0 Å². The lowest BCUT2D eigenvalue weighted by atomic mass is 9.81. The number of hydrogen-bond donors (Lipinski definition) is 1. The van der Waals surface area contributed by atoms with Gasteiger partial charge in [-0.05, 0) is 19.3 Å². The highest BCUT2D eigenvalue weighted by Gasteiger charge is 2.38. The second kappa shape index (κ2) is 3.10. The minimum atomic E-state index is -0.945. The van der Waals surface area contributed by atoms with Crippen LogP contribution in [0.5, 0.6) is 0 Å². The molecule has 0 aromatic rings. The van der Waals surface area contributed by atoms with Crippen molar-refractivity contribution < 1.29 is 4.39 Å². The lowest BCUT2D eigenvalue weighted by Gasteiger charge is -2.38. The van der Waals surface area contributed by atoms with E-state index in [0.717, 1.165) is 13.1 Å². The molecule has 0 aliphatic carbocycles. The van der Waals surface area contributed by atoms with Crippen molar-refractivity contribution in [3.8, 4) is 0 Å². The topological polar surface area (TPSA) is 12.0 Å². The molecule has 1 heterocycles. The number of halogens is 1. The third-order valence-corrected chi connectivity index (χ3v) is 2.44. The van der Waals surface area contributed by atoms with Gasteiger partial charge in [-0.25, -0.2) is 4.39 Å². The van der Waals surface area contributed by atoms with Crippen LogP contribution in [-0.2, 0) is 0 Å². The van der Waals surface area contributed by atoms with Gasteiger partial charge in [0, 0.05) is 19.0 Å². The van der Waals surface area contributed by atoms with Crippen LogP contribution < -0.4 is 5.32 Å². The van der Waals surface area contributed by atoms with E-state index in [0.29, 0.717) is 12.3 Å². The smallest absolute Gasteiger partial charge is 0.113 e. The first-order valence-corrected chi connectivity index (χ1v) is 4.42. The second-order valence-electron chi connectivity index (χ2n) is 4.23. The van der Waals surface area contributed by atoms with Crippen molar-refractivity contribution in [1.29, 1.82) is 0 Å². The molecule has 0 aromatic heterocycles. The molecule has 0 radical (unpaired) electrons. The van der Waals surface area contributed by atoms with Gasteiger partial charge in [0.2, 0.25) is 0 Å². The molecule has 1 aliphatic heterocycles.